The molecule has 0 unspecified atom stereocenters. The molecule has 0 aliphatic carbocycles. The van der Waals surface area contributed by atoms with Crippen LogP contribution in [0.3, 0.4) is 0 Å². The van der Waals surface area contributed by atoms with Gasteiger partial charge in [-0.05, 0) is 105 Å². The molecule has 0 spiro atoms. The highest BCUT2D eigenvalue weighted by molar-refractivity contribution is 6.07. The Balaban J connectivity index is 0.866. The number of carboxylic acid groups (broad SMARTS) is 1. The Kier molecular flexibility index (Phi) is 12.9. The maximum atomic E-state index is 14.1. The largest absolute Gasteiger partial charge is 0.465 e. The van der Waals surface area contributed by atoms with Gasteiger partial charge in [0.1, 0.15) is 35.4 Å². The standard InChI is InChI=1S/C47H49N11O7/c1-2-3-4-5-24-65-47(64)56-40(49)31-17-21-34-36(26-31)53-41(51-34)27-10-12-29(13-11-27)44(60)58-23-7-9-38(58)45(61)57-22-6-8-37(57)43(59)50-32-18-14-28(15-19-32)42-52-33-20-16-30(25-35(33)54-42)39(48)55-46(62)63/h10-21,25-26,37-38H,2-9,22-24H2,1H3,(H2,48,55)(H,50,59)(H,51,53)(H,52,54)(H,62,63)(H2,49,56,64)/t37-,38-/m0/s1. The van der Waals surface area contributed by atoms with Gasteiger partial charge in [0.15, 0.2) is 0 Å². The molecule has 334 valence electrons. The number of imidazole rings is 2. The number of amidine groups is 2. The lowest BCUT2D eigenvalue weighted by Gasteiger charge is -2.31. The fourth-order valence-corrected chi connectivity index (χ4v) is 8.32. The van der Waals surface area contributed by atoms with Crippen LogP contribution in [-0.2, 0) is 14.3 Å². The highest BCUT2D eigenvalue weighted by Crippen LogP contribution is 2.29. The lowest BCUT2D eigenvalue weighted by atomic mass is 10.1. The maximum absolute atomic E-state index is 14.1. The molecule has 8 N–H and O–H groups in total. The molecular weight excluding hydrogens is 831 g/mol. The van der Waals surface area contributed by atoms with E-state index in [-0.39, 0.29) is 29.4 Å². The first-order valence-corrected chi connectivity index (χ1v) is 21.7. The number of nitrogens with one attached hydrogen (secondary N) is 7. The van der Waals surface area contributed by atoms with E-state index in [4.69, 9.17) is 20.7 Å². The molecule has 4 aromatic carbocycles. The van der Waals surface area contributed by atoms with Crippen molar-refractivity contribution in [3.05, 3.63) is 102 Å². The third-order valence-electron chi connectivity index (χ3n) is 11.7. The summed E-state index contributed by atoms with van der Waals surface area (Å²) in [4.78, 5) is 83.8. The summed E-state index contributed by atoms with van der Waals surface area (Å²) in [7, 11) is 0. The second-order valence-corrected chi connectivity index (χ2v) is 16.1. The van der Waals surface area contributed by atoms with E-state index in [1.165, 1.54) is 0 Å². The van der Waals surface area contributed by atoms with Gasteiger partial charge in [0.25, 0.3) is 5.91 Å². The van der Waals surface area contributed by atoms with Crippen LogP contribution in [0.5, 0.6) is 0 Å². The van der Waals surface area contributed by atoms with Crippen molar-refractivity contribution in [2.24, 2.45) is 0 Å². The van der Waals surface area contributed by atoms with Crippen LogP contribution >= 0.6 is 0 Å². The minimum absolute atomic E-state index is 0.0900. The number of aromatic amines is 2. The number of amides is 5. The molecule has 2 aromatic heterocycles. The molecule has 0 bridgehead atoms. The molecule has 2 atom stereocenters. The van der Waals surface area contributed by atoms with Gasteiger partial charge in [-0.2, -0.15) is 0 Å². The van der Waals surface area contributed by atoms with Gasteiger partial charge in [-0.25, -0.2) is 19.6 Å². The maximum Gasteiger partial charge on any atom is 0.412 e. The zero-order chi connectivity index (χ0) is 45.6. The molecule has 0 saturated carbocycles. The van der Waals surface area contributed by atoms with Crippen LogP contribution in [-0.4, -0.2) is 108 Å². The molecule has 2 fully saturated rings. The average Bonchev–Trinajstić information content (AvgIpc) is 4.14. The molecule has 2 aliphatic rings. The summed E-state index contributed by atoms with van der Waals surface area (Å²) in [6, 6.07) is 22.8. The average molecular weight is 880 g/mol. The number of hydrogen-bond acceptors (Lipinski definition) is 10. The third kappa shape index (κ3) is 9.86. The van der Waals surface area contributed by atoms with Crippen molar-refractivity contribution >= 4 is 69.3 Å². The molecule has 18 heteroatoms. The smallest absolute Gasteiger partial charge is 0.412 e. The SMILES string of the molecule is CCCCCCOC(=O)NC(=N)c1ccc2nc(-c3ccc(C(=O)N4CCC[C@H]4C(=O)N4CCC[C@H]4C(=O)Nc4ccc(-c5nc6ccc(C(=N)NC(=O)O)cc6[nH]5)cc4)cc3)[nH]c2c1. The Morgan fingerprint density at radius 3 is 1.86 bits per heavy atom. The second kappa shape index (κ2) is 19.2. The zero-order valence-electron chi connectivity index (χ0n) is 35.7. The summed E-state index contributed by atoms with van der Waals surface area (Å²) in [5.41, 5.74) is 5.87. The predicted octanol–water partition coefficient (Wildman–Crippen LogP) is 7.23. The number of benzene rings is 4. The van der Waals surface area contributed by atoms with Gasteiger partial charge >= 0.3 is 12.2 Å². The number of nitrogens with zero attached hydrogens (tertiary/aromatic N) is 4. The number of alkyl carbamates (subject to hydrolysis) is 1. The number of H-pyrrole nitrogens is 2. The van der Waals surface area contributed by atoms with E-state index in [0.29, 0.717) is 101 Å². The second-order valence-electron chi connectivity index (χ2n) is 16.1. The van der Waals surface area contributed by atoms with Crippen molar-refractivity contribution in [2.45, 2.75) is 70.4 Å². The summed E-state index contributed by atoms with van der Waals surface area (Å²) in [6.45, 7) is 3.23. The number of anilines is 1. The first-order chi connectivity index (χ1) is 31.4. The molecule has 4 heterocycles. The van der Waals surface area contributed by atoms with Gasteiger partial charge in [-0.3, -0.25) is 35.8 Å². The number of fused-ring (bicyclic) bond motifs is 2. The summed E-state index contributed by atoms with van der Waals surface area (Å²) in [5, 5.41) is 32.7. The molecule has 65 heavy (non-hydrogen) atoms. The lowest BCUT2D eigenvalue weighted by molar-refractivity contribution is -0.139. The molecule has 2 aliphatic heterocycles. The van der Waals surface area contributed by atoms with E-state index in [1.807, 2.05) is 5.32 Å². The third-order valence-corrected chi connectivity index (χ3v) is 11.7. The van der Waals surface area contributed by atoms with Crippen LogP contribution in [0, 0.1) is 10.8 Å². The molecule has 18 nitrogen and oxygen atoms in total. The van der Waals surface area contributed by atoms with Crippen molar-refractivity contribution in [1.29, 1.82) is 10.8 Å². The Hall–Kier alpha value is -7.89. The normalized spacial score (nSPS) is 15.8. The molecule has 0 radical (unpaired) electrons. The fraction of sp³-hybridized carbons (Fsp3) is 0.298. The van der Waals surface area contributed by atoms with Gasteiger partial charge in [-0.15, -0.1) is 0 Å². The van der Waals surface area contributed by atoms with Crippen LogP contribution in [0.15, 0.2) is 84.9 Å². The minimum atomic E-state index is -1.32. The van der Waals surface area contributed by atoms with Crippen molar-refractivity contribution in [3.8, 4) is 22.8 Å². The summed E-state index contributed by atoms with van der Waals surface area (Å²) in [5.74, 6) is -0.0589. The Bertz CT molecular complexity index is 2800. The van der Waals surface area contributed by atoms with Crippen LogP contribution < -0.4 is 16.0 Å². The van der Waals surface area contributed by atoms with Gasteiger partial charge in [0, 0.05) is 46.6 Å². The van der Waals surface area contributed by atoms with Crippen LogP contribution in [0.1, 0.15) is 79.8 Å². The minimum Gasteiger partial charge on any atom is -0.465 e. The van der Waals surface area contributed by atoms with Crippen molar-refractivity contribution in [3.63, 3.8) is 0 Å². The summed E-state index contributed by atoms with van der Waals surface area (Å²) < 4.78 is 5.20. The number of rotatable bonds is 13. The van der Waals surface area contributed by atoms with E-state index in [0.717, 1.165) is 36.8 Å². The quantitative estimate of drug-likeness (QED) is 0.0330. The van der Waals surface area contributed by atoms with Crippen molar-refractivity contribution < 1.29 is 33.8 Å². The molecule has 2 saturated heterocycles. The number of carbonyl (C=O) groups excluding carboxylic acids is 4. The van der Waals surface area contributed by atoms with Gasteiger partial charge < -0.3 is 34.9 Å². The number of aromatic nitrogens is 4. The van der Waals surface area contributed by atoms with Crippen LogP contribution in [0.4, 0.5) is 15.3 Å². The number of ether oxygens (including phenoxy) is 1. The summed E-state index contributed by atoms with van der Waals surface area (Å²) in [6.07, 6.45) is 4.23. The highest BCUT2D eigenvalue weighted by atomic mass is 16.5. The van der Waals surface area contributed by atoms with Crippen LogP contribution in [0.2, 0.25) is 0 Å². The Labute approximate surface area is 373 Å². The zero-order valence-corrected chi connectivity index (χ0v) is 35.7. The first kappa shape index (κ1) is 43.7. The van der Waals surface area contributed by atoms with E-state index < -0.39 is 24.3 Å². The number of likely N-dealkylation sites (tertiary alicyclic amines) is 2. The predicted molar refractivity (Wildman–Crippen MR) is 244 cm³/mol. The summed E-state index contributed by atoms with van der Waals surface area (Å²) >= 11 is 0. The van der Waals surface area contributed by atoms with E-state index in [9.17, 15) is 24.0 Å². The van der Waals surface area contributed by atoms with E-state index >= 15 is 0 Å². The molecule has 5 amide bonds. The van der Waals surface area contributed by atoms with E-state index in [2.05, 4.69) is 37.5 Å². The van der Waals surface area contributed by atoms with Gasteiger partial charge in [0.05, 0.1) is 28.7 Å². The first-order valence-electron chi connectivity index (χ1n) is 21.7. The highest BCUT2D eigenvalue weighted by Gasteiger charge is 2.42. The topological polar surface area (TPSA) is 262 Å². The molecular formula is C47H49N11O7. The number of hydrogen-bond donors (Lipinski definition) is 8. The van der Waals surface area contributed by atoms with Gasteiger partial charge in [0.2, 0.25) is 11.8 Å². The van der Waals surface area contributed by atoms with Gasteiger partial charge in [-0.1, -0.05) is 38.3 Å². The Morgan fingerprint density at radius 2 is 1.26 bits per heavy atom. The number of carbonyl (C=O) groups is 5. The molecule has 8 rings (SSSR count). The monoisotopic (exact) mass is 879 g/mol. The molecule has 6 aromatic rings. The van der Waals surface area contributed by atoms with Crippen LogP contribution in [0.25, 0.3) is 44.8 Å². The fourth-order valence-electron chi connectivity index (χ4n) is 8.32. The Morgan fingerprint density at radius 1 is 0.708 bits per heavy atom. The van der Waals surface area contributed by atoms with E-state index in [1.54, 1.807) is 94.7 Å². The van der Waals surface area contributed by atoms with Crippen molar-refractivity contribution in [1.82, 2.24) is 40.4 Å². The van der Waals surface area contributed by atoms with Crippen molar-refractivity contribution in [2.75, 3.05) is 25.0 Å². The number of unbranched alkanes of at least 4 members (excludes halogenated alkanes) is 3. The lowest BCUT2D eigenvalue weighted by Crippen LogP contribution is -2.51.